The number of carbonyl (C=O) groups is 1. The van der Waals surface area contributed by atoms with Gasteiger partial charge in [-0.15, -0.1) is 4.36 Å². The van der Waals surface area contributed by atoms with Crippen LogP contribution in [-0.4, -0.2) is 20.9 Å². The number of ether oxygens (including phenoxy) is 1. The molecule has 1 aromatic heterocycles. The Morgan fingerprint density at radius 3 is 2.53 bits per heavy atom. The fourth-order valence-corrected chi connectivity index (χ4v) is 1.91. The van der Waals surface area contributed by atoms with E-state index in [9.17, 15) is 9.00 Å². The molecule has 1 rings (SSSR count). The Bertz CT molecular complexity index is 570. The molecule has 0 saturated carbocycles. The van der Waals surface area contributed by atoms with Gasteiger partial charge in [0.2, 0.25) is 0 Å². The highest BCUT2D eigenvalue weighted by molar-refractivity contribution is 7.91. The summed E-state index contributed by atoms with van der Waals surface area (Å²) < 4.78 is 20.4. The number of pyridine rings is 1. The van der Waals surface area contributed by atoms with Crippen LogP contribution in [-0.2, 0) is 14.7 Å². The van der Waals surface area contributed by atoms with Crippen LogP contribution in [0.15, 0.2) is 27.6 Å². The van der Waals surface area contributed by atoms with Gasteiger partial charge < -0.3 is 10.2 Å². The molecule has 0 radical (unpaired) electrons. The first-order valence-corrected chi connectivity index (χ1v) is 6.92. The van der Waals surface area contributed by atoms with Crippen LogP contribution in [0.5, 0.6) is 0 Å². The lowest BCUT2D eigenvalue weighted by Gasteiger charge is -2.17. The predicted molar refractivity (Wildman–Crippen MR) is 71.3 cm³/mol. The molecule has 1 atom stereocenters. The van der Waals surface area contributed by atoms with Crippen molar-refractivity contribution in [2.45, 2.75) is 31.3 Å². The van der Waals surface area contributed by atoms with Crippen molar-refractivity contribution in [1.29, 1.82) is 0 Å². The SMILES string of the molecule is CC(C)(C)OC(=O)N=S(N)(=O)c1ccc(NN)nc1. The number of aromatic nitrogens is 1. The van der Waals surface area contributed by atoms with Gasteiger partial charge in [-0.05, 0) is 32.9 Å². The van der Waals surface area contributed by atoms with E-state index in [0.717, 1.165) is 0 Å². The summed E-state index contributed by atoms with van der Waals surface area (Å²) in [5, 5.41) is 5.52. The van der Waals surface area contributed by atoms with E-state index in [-0.39, 0.29) is 4.90 Å². The Kier molecular flexibility index (Phi) is 4.45. The largest absolute Gasteiger partial charge is 0.443 e. The van der Waals surface area contributed by atoms with Crippen molar-refractivity contribution in [2.75, 3.05) is 5.43 Å². The molecule has 0 spiro atoms. The summed E-state index contributed by atoms with van der Waals surface area (Å²) in [6.07, 6.45) is 0.242. The number of hydrogen-bond acceptors (Lipinski definition) is 6. The minimum Gasteiger partial charge on any atom is -0.442 e. The van der Waals surface area contributed by atoms with E-state index in [1.165, 1.54) is 18.3 Å². The molecule has 0 saturated heterocycles. The normalized spacial score (nSPS) is 14.4. The Balaban J connectivity index is 3.02. The molecular formula is C10H17N5O3S. The molecule has 0 aliphatic rings. The van der Waals surface area contributed by atoms with Crippen molar-refractivity contribution in [1.82, 2.24) is 4.98 Å². The van der Waals surface area contributed by atoms with Gasteiger partial charge in [-0.25, -0.2) is 25.0 Å². The highest BCUT2D eigenvalue weighted by atomic mass is 32.2. The first-order valence-electron chi connectivity index (χ1n) is 5.34. The zero-order valence-corrected chi connectivity index (χ0v) is 11.7. The number of nitrogens with two attached hydrogens (primary N) is 2. The maximum Gasteiger partial charge on any atom is 0.443 e. The molecule has 106 valence electrons. The average molecular weight is 287 g/mol. The van der Waals surface area contributed by atoms with Gasteiger partial charge >= 0.3 is 6.09 Å². The van der Waals surface area contributed by atoms with E-state index in [4.69, 9.17) is 15.7 Å². The van der Waals surface area contributed by atoms with E-state index < -0.39 is 21.6 Å². The second-order valence-electron chi connectivity index (χ2n) is 4.66. The molecule has 0 fully saturated rings. The molecule has 1 amide bonds. The minimum absolute atomic E-state index is 0.109. The Labute approximate surface area is 111 Å². The fraction of sp³-hybridized carbons (Fsp3) is 0.400. The number of hydrazine groups is 1. The molecule has 1 heterocycles. The first-order chi connectivity index (χ1) is 8.64. The standard InChI is InChI=1S/C10H17N5O3S/c1-10(2,3)18-9(16)15-19(12,17)7-4-5-8(14-11)13-6-7/h4-6H,11H2,1-3H3,(H,13,14)(H2,12,15,16,17). The van der Waals surface area contributed by atoms with Crippen molar-refractivity contribution in [3.8, 4) is 0 Å². The van der Waals surface area contributed by atoms with Crippen LogP contribution >= 0.6 is 0 Å². The maximum absolute atomic E-state index is 12.1. The monoisotopic (exact) mass is 287 g/mol. The molecule has 1 unspecified atom stereocenters. The molecule has 19 heavy (non-hydrogen) atoms. The van der Waals surface area contributed by atoms with Crippen LogP contribution in [0.1, 0.15) is 20.8 Å². The van der Waals surface area contributed by atoms with Crippen molar-refractivity contribution in [3.05, 3.63) is 18.3 Å². The molecule has 0 aliphatic carbocycles. The lowest BCUT2D eigenvalue weighted by Crippen LogP contribution is -2.24. The van der Waals surface area contributed by atoms with Crippen molar-refractivity contribution < 1.29 is 13.7 Å². The highest BCUT2D eigenvalue weighted by Crippen LogP contribution is 2.13. The van der Waals surface area contributed by atoms with Gasteiger partial charge in [-0.2, -0.15) is 0 Å². The number of hydrogen-bond donors (Lipinski definition) is 3. The summed E-state index contributed by atoms with van der Waals surface area (Å²) >= 11 is 0. The third-order valence-corrected chi connectivity index (χ3v) is 3.16. The van der Waals surface area contributed by atoms with Gasteiger partial charge in [0.1, 0.15) is 21.3 Å². The summed E-state index contributed by atoms with van der Waals surface area (Å²) in [6, 6.07) is 2.88. The van der Waals surface area contributed by atoms with Crippen LogP contribution in [0.4, 0.5) is 10.6 Å². The van der Waals surface area contributed by atoms with Gasteiger partial charge in [-0.3, -0.25) is 0 Å². The molecule has 0 aromatic carbocycles. The predicted octanol–water partition coefficient (Wildman–Crippen LogP) is 1.00. The number of nitrogen functional groups attached to an aromatic ring is 1. The Hall–Kier alpha value is -1.71. The van der Waals surface area contributed by atoms with E-state index in [0.29, 0.717) is 5.82 Å². The Morgan fingerprint density at radius 2 is 2.11 bits per heavy atom. The van der Waals surface area contributed by atoms with Gasteiger partial charge in [0.05, 0.1) is 4.90 Å². The third kappa shape index (κ3) is 4.81. The fourth-order valence-electron chi connectivity index (χ4n) is 1.08. The zero-order valence-electron chi connectivity index (χ0n) is 10.9. The number of carbonyl (C=O) groups excluding carboxylic acids is 1. The van der Waals surface area contributed by atoms with E-state index in [1.807, 2.05) is 0 Å². The van der Waals surface area contributed by atoms with E-state index in [2.05, 4.69) is 14.8 Å². The number of amides is 1. The van der Waals surface area contributed by atoms with E-state index >= 15 is 0 Å². The quantitative estimate of drug-likeness (QED) is 0.549. The summed E-state index contributed by atoms with van der Waals surface area (Å²) in [5.74, 6) is 5.52. The molecule has 1 aromatic rings. The number of nitrogens with zero attached hydrogens (tertiary/aromatic N) is 2. The highest BCUT2D eigenvalue weighted by Gasteiger charge is 2.18. The second-order valence-corrected chi connectivity index (χ2v) is 6.46. The van der Waals surface area contributed by atoms with Crippen LogP contribution in [0.2, 0.25) is 0 Å². The van der Waals surface area contributed by atoms with Gasteiger partial charge in [0.25, 0.3) is 0 Å². The number of nitrogens with one attached hydrogen (secondary N) is 1. The molecular weight excluding hydrogens is 270 g/mol. The van der Waals surface area contributed by atoms with Crippen LogP contribution in [0.25, 0.3) is 0 Å². The van der Waals surface area contributed by atoms with Crippen LogP contribution in [0.3, 0.4) is 0 Å². The number of rotatable bonds is 2. The molecule has 9 heteroatoms. The smallest absolute Gasteiger partial charge is 0.442 e. The zero-order chi connectivity index (χ0) is 14.7. The van der Waals surface area contributed by atoms with Crippen molar-refractivity contribution >= 4 is 21.8 Å². The van der Waals surface area contributed by atoms with Crippen molar-refractivity contribution in [3.63, 3.8) is 0 Å². The van der Waals surface area contributed by atoms with Gasteiger partial charge in [-0.1, -0.05) is 0 Å². The molecule has 5 N–H and O–H groups in total. The average Bonchev–Trinajstić information content (AvgIpc) is 2.25. The molecule has 8 nitrogen and oxygen atoms in total. The minimum atomic E-state index is -3.39. The summed E-state index contributed by atoms with van der Waals surface area (Å²) in [6.45, 7) is 5.01. The van der Waals surface area contributed by atoms with Crippen LogP contribution in [0, 0.1) is 0 Å². The topological polar surface area (TPSA) is 133 Å². The first kappa shape index (κ1) is 15.3. The third-order valence-electron chi connectivity index (χ3n) is 1.83. The summed E-state index contributed by atoms with van der Waals surface area (Å²) in [7, 11) is -3.39. The van der Waals surface area contributed by atoms with Gasteiger partial charge in [0.15, 0.2) is 0 Å². The number of anilines is 1. The van der Waals surface area contributed by atoms with Crippen LogP contribution < -0.4 is 16.4 Å². The summed E-state index contributed by atoms with van der Waals surface area (Å²) in [5.41, 5.74) is 1.58. The van der Waals surface area contributed by atoms with Crippen molar-refractivity contribution in [2.24, 2.45) is 15.3 Å². The maximum atomic E-state index is 12.1. The summed E-state index contributed by atoms with van der Waals surface area (Å²) in [4.78, 5) is 15.4. The van der Waals surface area contributed by atoms with E-state index in [1.54, 1.807) is 20.8 Å². The molecule has 0 aliphatic heterocycles. The Morgan fingerprint density at radius 1 is 1.47 bits per heavy atom. The molecule has 0 bridgehead atoms. The second kappa shape index (κ2) is 5.51. The lowest BCUT2D eigenvalue weighted by atomic mass is 10.2. The van der Waals surface area contributed by atoms with Gasteiger partial charge in [0, 0.05) is 6.20 Å². The lowest BCUT2D eigenvalue weighted by molar-refractivity contribution is 0.0607.